The van der Waals surface area contributed by atoms with Gasteiger partial charge in [-0.05, 0) is 66.1 Å². The molecule has 6 nitrogen and oxygen atoms in total. The first-order valence-corrected chi connectivity index (χ1v) is 12.5. The summed E-state index contributed by atoms with van der Waals surface area (Å²) in [7, 11) is 0. The molecule has 6 heteroatoms. The first kappa shape index (κ1) is 26.1. The van der Waals surface area contributed by atoms with E-state index in [-0.39, 0.29) is 13.2 Å². The molecule has 0 radical (unpaired) electrons. The molecule has 192 valence electrons. The number of nitrogens with two attached hydrogens (primary N) is 1. The van der Waals surface area contributed by atoms with Crippen LogP contribution in [0.1, 0.15) is 11.1 Å². The zero-order valence-corrected chi connectivity index (χ0v) is 20.8. The number of anilines is 2. The van der Waals surface area contributed by atoms with Gasteiger partial charge in [-0.1, -0.05) is 60.7 Å². The molecule has 0 heterocycles. The smallest absolute Gasteiger partial charge is 0.119 e. The molecule has 0 fully saturated rings. The number of rotatable bonds is 13. The molecule has 0 amide bonds. The second-order valence-electron chi connectivity index (χ2n) is 9.05. The number of ether oxygens (including phenoxy) is 2. The van der Waals surface area contributed by atoms with Crippen LogP contribution in [-0.2, 0) is 6.42 Å². The Morgan fingerprint density at radius 2 is 1.03 bits per heavy atom. The van der Waals surface area contributed by atoms with Crippen LogP contribution in [0.4, 0.5) is 11.4 Å². The van der Waals surface area contributed by atoms with Gasteiger partial charge in [-0.3, -0.25) is 0 Å². The number of benzene rings is 4. The van der Waals surface area contributed by atoms with Crippen LogP contribution in [0.25, 0.3) is 0 Å². The Morgan fingerprint density at radius 1 is 0.595 bits per heavy atom. The Balaban J connectivity index is 1.40. The molecule has 4 N–H and O–H groups in total. The van der Waals surface area contributed by atoms with Gasteiger partial charge in [-0.2, -0.15) is 0 Å². The first-order valence-electron chi connectivity index (χ1n) is 12.5. The van der Waals surface area contributed by atoms with E-state index in [1.165, 1.54) is 5.56 Å². The van der Waals surface area contributed by atoms with E-state index >= 15 is 0 Å². The van der Waals surface area contributed by atoms with Crippen molar-refractivity contribution in [2.45, 2.75) is 18.6 Å². The normalized spacial score (nSPS) is 12.5. The van der Waals surface area contributed by atoms with Gasteiger partial charge in [-0.25, -0.2) is 0 Å². The van der Waals surface area contributed by atoms with Gasteiger partial charge in [0, 0.05) is 24.5 Å². The van der Waals surface area contributed by atoms with Crippen LogP contribution < -0.4 is 20.1 Å². The Kier molecular flexibility index (Phi) is 9.41. The fourth-order valence-electron chi connectivity index (χ4n) is 4.01. The number of aliphatic hydroxyl groups excluding tert-OH is 2. The lowest BCUT2D eigenvalue weighted by Gasteiger charge is -2.29. The molecule has 0 saturated heterocycles. The van der Waals surface area contributed by atoms with Crippen LogP contribution in [0.15, 0.2) is 109 Å². The van der Waals surface area contributed by atoms with E-state index < -0.39 is 12.2 Å². The molecule has 37 heavy (non-hydrogen) atoms. The summed E-state index contributed by atoms with van der Waals surface area (Å²) in [6.45, 7) is 0.887. The molecule has 4 rings (SSSR count). The van der Waals surface area contributed by atoms with Crippen LogP contribution in [0.3, 0.4) is 0 Å². The number of hydrogen-bond acceptors (Lipinski definition) is 6. The Morgan fingerprint density at radius 3 is 1.49 bits per heavy atom. The number of aliphatic hydroxyl groups is 2. The third kappa shape index (κ3) is 8.56. The molecule has 0 spiro atoms. The van der Waals surface area contributed by atoms with Gasteiger partial charge in [0.25, 0.3) is 0 Å². The highest BCUT2D eigenvalue weighted by Crippen LogP contribution is 2.20. The van der Waals surface area contributed by atoms with Crippen LogP contribution in [0.5, 0.6) is 11.5 Å². The SMILES string of the molecule is Nc1ccc(Cc2ccc(N(CC(O)COc3ccccc3)CC(O)COc3ccccc3)cc2)cc1. The van der Waals surface area contributed by atoms with E-state index in [4.69, 9.17) is 15.2 Å². The summed E-state index contributed by atoms with van der Waals surface area (Å²) < 4.78 is 11.5. The minimum Gasteiger partial charge on any atom is -0.491 e. The maximum absolute atomic E-state index is 10.7. The molecule has 0 bridgehead atoms. The molecule has 4 aromatic carbocycles. The van der Waals surface area contributed by atoms with Crippen molar-refractivity contribution in [2.24, 2.45) is 0 Å². The van der Waals surface area contributed by atoms with Crippen LogP contribution in [-0.4, -0.2) is 48.7 Å². The monoisotopic (exact) mass is 498 g/mol. The summed E-state index contributed by atoms with van der Waals surface area (Å²) in [6.07, 6.45) is -0.712. The molecule has 2 unspecified atom stereocenters. The number of hydrogen-bond donors (Lipinski definition) is 3. The summed E-state index contributed by atoms with van der Waals surface area (Å²) in [6, 6.07) is 34.9. The van der Waals surface area contributed by atoms with E-state index in [0.29, 0.717) is 24.6 Å². The lowest BCUT2D eigenvalue weighted by atomic mass is 10.0. The van der Waals surface area contributed by atoms with E-state index in [2.05, 4.69) is 12.1 Å². The van der Waals surface area contributed by atoms with Crippen molar-refractivity contribution < 1.29 is 19.7 Å². The van der Waals surface area contributed by atoms with Gasteiger partial charge in [0.2, 0.25) is 0 Å². The highest BCUT2D eigenvalue weighted by Gasteiger charge is 2.18. The minimum atomic E-state index is -0.753. The largest absolute Gasteiger partial charge is 0.491 e. The molecular formula is C31H34N2O4. The molecule has 0 saturated carbocycles. The summed E-state index contributed by atoms with van der Waals surface area (Å²) in [5.41, 5.74) is 9.79. The third-order valence-corrected chi connectivity index (χ3v) is 5.92. The van der Waals surface area contributed by atoms with Crippen LogP contribution >= 0.6 is 0 Å². The van der Waals surface area contributed by atoms with Crippen molar-refractivity contribution in [2.75, 3.05) is 36.9 Å². The van der Waals surface area contributed by atoms with Crippen molar-refractivity contribution in [1.29, 1.82) is 0 Å². The molecule has 0 aromatic heterocycles. The predicted molar refractivity (Wildman–Crippen MR) is 148 cm³/mol. The molecule has 2 atom stereocenters. The van der Waals surface area contributed by atoms with Gasteiger partial charge in [0.15, 0.2) is 0 Å². The van der Waals surface area contributed by atoms with E-state index in [1.54, 1.807) is 0 Å². The van der Waals surface area contributed by atoms with Crippen molar-refractivity contribution >= 4 is 11.4 Å². The van der Waals surface area contributed by atoms with Crippen molar-refractivity contribution in [3.63, 3.8) is 0 Å². The highest BCUT2D eigenvalue weighted by atomic mass is 16.5. The van der Waals surface area contributed by atoms with Crippen LogP contribution in [0, 0.1) is 0 Å². The van der Waals surface area contributed by atoms with Gasteiger partial charge in [0.05, 0.1) is 0 Å². The number of nitrogen functional groups attached to an aromatic ring is 1. The lowest BCUT2D eigenvalue weighted by molar-refractivity contribution is 0.0954. The topological polar surface area (TPSA) is 88.2 Å². The van der Waals surface area contributed by atoms with E-state index in [9.17, 15) is 10.2 Å². The minimum absolute atomic E-state index is 0.145. The van der Waals surface area contributed by atoms with E-state index in [0.717, 1.165) is 23.4 Å². The zero-order valence-electron chi connectivity index (χ0n) is 20.8. The quantitative estimate of drug-likeness (QED) is 0.235. The molecule has 0 aliphatic heterocycles. The van der Waals surface area contributed by atoms with Gasteiger partial charge < -0.3 is 30.3 Å². The number of nitrogens with zero attached hydrogens (tertiary/aromatic N) is 1. The fraction of sp³-hybridized carbons (Fsp3) is 0.226. The lowest BCUT2D eigenvalue weighted by Crippen LogP contribution is -2.41. The fourth-order valence-corrected chi connectivity index (χ4v) is 4.01. The number of para-hydroxylation sites is 2. The Labute approximate surface area is 218 Å². The molecule has 4 aromatic rings. The summed E-state index contributed by atoms with van der Waals surface area (Å²) >= 11 is 0. The highest BCUT2D eigenvalue weighted by molar-refractivity contribution is 5.49. The van der Waals surface area contributed by atoms with Gasteiger partial charge >= 0.3 is 0 Å². The maximum Gasteiger partial charge on any atom is 0.119 e. The van der Waals surface area contributed by atoms with Crippen LogP contribution in [0.2, 0.25) is 0 Å². The molecule has 0 aliphatic rings. The molecule has 0 aliphatic carbocycles. The second-order valence-corrected chi connectivity index (χ2v) is 9.05. The summed E-state index contributed by atoms with van der Waals surface area (Å²) in [5, 5.41) is 21.5. The van der Waals surface area contributed by atoms with E-state index in [1.807, 2.05) is 102 Å². The zero-order chi connectivity index (χ0) is 25.9. The average molecular weight is 499 g/mol. The van der Waals surface area contributed by atoms with Crippen molar-refractivity contribution in [3.8, 4) is 11.5 Å². The van der Waals surface area contributed by atoms with Crippen molar-refractivity contribution in [3.05, 3.63) is 120 Å². The standard InChI is InChI=1S/C31H34N2O4/c32-26-15-11-24(12-16-26)19-25-13-17-27(18-14-25)33(20-28(34)22-36-30-7-3-1-4-8-30)21-29(35)23-37-31-9-5-2-6-10-31/h1-18,28-29,34-35H,19-23,32H2. The van der Waals surface area contributed by atoms with Crippen molar-refractivity contribution in [1.82, 2.24) is 0 Å². The van der Waals surface area contributed by atoms with Gasteiger partial charge in [-0.15, -0.1) is 0 Å². The Bertz CT molecular complexity index is 1130. The summed E-state index contributed by atoms with van der Waals surface area (Å²) in [4.78, 5) is 1.96. The maximum atomic E-state index is 10.7. The third-order valence-electron chi connectivity index (χ3n) is 5.92. The van der Waals surface area contributed by atoms with Gasteiger partial charge in [0.1, 0.15) is 36.9 Å². The first-order chi connectivity index (χ1) is 18.0. The average Bonchev–Trinajstić information content (AvgIpc) is 2.93. The second kappa shape index (κ2) is 13.3. The Hall–Kier alpha value is -4.00. The summed E-state index contributed by atoms with van der Waals surface area (Å²) in [5.74, 6) is 1.41. The molecular weight excluding hydrogens is 464 g/mol. The predicted octanol–water partition coefficient (Wildman–Crippen LogP) is 4.55.